The van der Waals surface area contributed by atoms with Gasteiger partial charge in [-0.3, -0.25) is 9.48 Å². The quantitative estimate of drug-likeness (QED) is 0.587. The Balaban J connectivity index is 1.49. The van der Waals surface area contributed by atoms with E-state index in [0.29, 0.717) is 19.7 Å². The summed E-state index contributed by atoms with van der Waals surface area (Å²) in [5.41, 5.74) is 4.79. The zero-order valence-corrected chi connectivity index (χ0v) is 19.7. The number of aromatic nitrogens is 3. The van der Waals surface area contributed by atoms with Gasteiger partial charge in [-0.15, -0.1) is 0 Å². The molecule has 0 unspecified atom stereocenters. The molecule has 0 radical (unpaired) electrons. The molecule has 178 valence electrons. The van der Waals surface area contributed by atoms with Gasteiger partial charge in [-0.05, 0) is 49.4 Å². The number of rotatable bonds is 6. The molecule has 1 saturated carbocycles. The number of amides is 1. The minimum absolute atomic E-state index is 0.00192. The number of carbonyl (C=O) groups is 1. The Labute approximate surface area is 199 Å². The van der Waals surface area contributed by atoms with Crippen molar-refractivity contribution < 1.29 is 14.3 Å². The fraction of sp³-hybridized carbons (Fsp3) is 0.423. The maximum absolute atomic E-state index is 13.9. The Bertz CT molecular complexity index is 1150. The van der Waals surface area contributed by atoms with Gasteiger partial charge in [0.05, 0.1) is 43.4 Å². The second kappa shape index (κ2) is 9.95. The molecule has 3 heterocycles. The van der Waals surface area contributed by atoms with E-state index in [-0.39, 0.29) is 17.9 Å². The largest absolute Gasteiger partial charge is 0.383 e. The van der Waals surface area contributed by atoms with Gasteiger partial charge < -0.3 is 19.7 Å². The summed E-state index contributed by atoms with van der Waals surface area (Å²) in [6.45, 7) is 1.79. The highest BCUT2D eigenvalue weighted by Crippen LogP contribution is 2.39. The number of nitrogens with one attached hydrogen (secondary N) is 1. The van der Waals surface area contributed by atoms with E-state index in [4.69, 9.17) is 9.47 Å². The maximum atomic E-state index is 13.9. The molecular weight excluding hydrogens is 430 g/mol. The number of methoxy groups -OCH3 is 2. The summed E-state index contributed by atoms with van der Waals surface area (Å²) in [5, 5.41) is 7.91. The lowest BCUT2D eigenvalue weighted by molar-refractivity contribution is -0.124. The van der Waals surface area contributed by atoms with Crippen LogP contribution < -0.4 is 10.2 Å². The highest BCUT2D eigenvalue weighted by atomic mass is 16.5. The van der Waals surface area contributed by atoms with Gasteiger partial charge in [0.1, 0.15) is 5.82 Å². The van der Waals surface area contributed by atoms with Gasteiger partial charge in [0, 0.05) is 43.7 Å². The number of fused-ring (bicyclic) bond motifs is 2. The second-order valence-corrected chi connectivity index (χ2v) is 8.99. The normalized spacial score (nSPS) is 19.6. The molecule has 0 bridgehead atoms. The van der Waals surface area contributed by atoms with Crippen molar-refractivity contribution in [3.05, 3.63) is 54.5 Å². The van der Waals surface area contributed by atoms with E-state index in [1.54, 1.807) is 20.4 Å². The summed E-state index contributed by atoms with van der Waals surface area (Å²) in [4.78, 5) is 20.3. The third-order valence-corrected chi connectivity index (χ3v) is 6.88. The molecule has 5 rings (SSSR count). The average molecular weight is 462 g/mol. The molecule has 1 fully saturated rings. The van der Waals surface area contributed by atoms with Crippen molar-refractivity contribution >= 4 is 23.1 Å². The van der Waals surface area contributed by atoms with Crippen LogP contribution in [0.2, 0.25) is 0 Å². The minimum Gasteiger partial charge on any atom is -0.383 e. The predicted octanol–water partition coefficient (Wildman–Crippen LogP) is 4.39. The number of pyridine rings is 1. The molecule has 0 spiro atoms. The molecule has 8 nitrogen and oxygen atoms in total. The fourth-order valence-electron chi connectivity index (χ4n) is 4.88. The van der Waals surface area contributed by atoms with Gasteiger partial charge in [0.15, 0.2) is 0 Å². The molecule has 0 saturated heterocycles. The first kappa shape index (κ1) is 22.6. The molecule has 2 aromatic heterocycles. The number of hydrogen-bond acceptors (Lipinski definition) is 6. The third kappa shape index (κ3) is 4.56. The van der Waals surface area contributed by atoms with Crippen molar-refractivity contribution in [2.24, 2.45) is 5.92 Å². The summed E-state index contributed by atoms with van der Waals surface area (Å²) in [6.07, 6.45) is 9.45. The van der Waals surface area contributed by atoms with E-state index < -0.39 is 0 Å². The topological polar surface area (TPSA) is 81.5 Å². The number of nitrogens with zero attached hydrogens (tertiary/aromatic N) is 4. The first-order valence-electron chi connectivity index (χ1n) is 11.9. The van der Waals surface area contributed by atoms with Gasteiger partial charge in [-0.2, -0.15) is 5.10 Å². The Kier molecular flexibility index (Phi) is 6.60. The van der Waals surface area contributed by atoms with Gasteiger partial charge >= 0.3 is 0 Å². The van der Waals surface area contributed by atoms with E-state index in [2.05, 4.69) is 27.5 Å². The zero-order chi connectivity index (χ0) is 23.5. The van der Waals surface area contributed by atoms with Gasteiger partial charge in [-0.1, -0.05) is 12.1 Å². The number of hydrogen-bond donors (Lipinski definition) is 1. The molecular formula is C26H31N5O3. The predicted molar refractivity (Wildman–Crippen MR) is 131 cm³/mol. The third-order valence-electron chi connectivity index (χ3n) is 6.88. The monoisotopic (exact) mass is 461 g/mol. The summed E-state index contributed by atoms with van der Waals surface area (Å²) < 4.78 is 12.6. The van der Waals surface area contributed by atoms with Gasteiger partial charge in [0.25, 0.3) is 0 Å². The lowest BCUT2D eigenvalue weighted by atomic mass is 9.86. The fourth-order valence-corrected chi connectivity index (χ4v) is 4.88. The van der Waals surface area contributed by atoms with Crippen LogP contribution >= 0.6 is 0 Å². The van der Waals surface area contributed by atoms with E-state index in [1.165, 1.54) is 0 Å². The van der Waals surface area contributed by atoms with Gasteiger partial charge in [-0.25, -0.2) is 4.98 Å². The van der Waals surface area contributed by atoms with E-state index in [1.807, 2.05) is 40.2 Å². The van der Waals surface area contributed by atoms with Crippen molar-refractivity contribution in [3.8, 4) is 11.1 Å². The van der Waals surface area contributed by atoms with Crippen LogP contribution in [0.5, 0.6) is 0 Å². The van der Waals surface area contributed by atoms with Crippen LogP contribution in [0.15, 0.2) is 48.9 Å². The number of ether oxygens (including phenoxy) is 2. The molecule has 1 aromatic carbocycles. The number of carbonyl (C=O) groups excluding carboxylic acids is 1. The molecule has 34 heavy (non-hydrogen) atoms. The lowest BCUT2D eigenvalue weighted by Gasteiger charge is -2.32. The maximum Gasteiger partial charge on any atom is 0.230 e. The average Bonchev–Trinajstić information content (AvgIpc) is 3.29. The van der Waals surface area contributed by atoms with Crippen molar-refractivity contribution in [2.45, 2.75) is 44.9 Å². The Morgan fingerprint density at radius 1 is 1.15 bits per heavy atom. The molecule has 0 atom stereocenters. The van der Waals surface area contributed by atoms with E-state index in [0.717, 1.165) is 59.6 Å². The van der Waals surface area contributed by atoms with Crippen LogP contribution in [0.1, 0.15) is 31.2 Å². The second-order valence-electron chi connectivity index (χ2n) is 8.99. The van der Waals surface area contributed by atoms with Crippen LogP contribution in [0.3, 0.4) is 0 Å². The van der Waals surface area contributed by atoms with Crippen LogP contribution in [0.4, 0.5) is 17.2 Å². The first-order valence-corrected chi connectivity index (χ1v) is 11.9. The molecule has 1 N–H and O–H groups in total. The van der Waals surface area contributed by atoms with Crippen molar-refractivity contribution in [1.29, 1.82) is 0 Å². The summed E-state index contributed by atoms with van der Waals surface area (Å²) in [5.74, 6) is 0.961. The van der Waals surface area contributed by atoms with Crippen molar-refractivity contribution in [2.75, 3.05) is 31.0 Å². The molecule has 2 aliphatic rings. The smallest absolute Gasteiger partial charge is 0.230 e. The van der Waals surface area contributed by atoms with Crippen molar-refractivity contribution in [1.82, 2.24) is 14.8 Å². The molecule has 3 aromatic rings. The Hall–Kier alpha value is -3.23. The van der Waals surface area contributed by atoms with Crippen LogP contribution in [0.25, 0.3) is 11.1 Å². The minimum atomic E-state index is -0.00192. The Morgan fingerprint density at radius 3 is 2.79 bits per heavy atom. The highest BCUT2D eigenvalue weighted by Gasteiger charge is 2.33. The Morgan fingerprint density at radius 2 is 2.00 bits per heavy atom. The van der Waals surface area contributed by atoms with Crippen LogP contribution in [-0.4, -0.2) is 47.6 Å². The summed E-state index contributed by atoms with van der Waals surface area (Å²) >= 11 is 0. The summed E-state index contributed by atoms with van der Waals surface area (Å²) in [6, 6.07) is 10.1. The number of benzene rings is 1. The molecule has 1 aliphatic heterocycles. The first-order chi connectivity index (χ1) is 16.7. The van der Waals surface area contributed by atoms with Crippen LogP contribution in [-0.2, 0) is 27.4 Å². The zero-order valence-electron chi connectivity index (χ0n) is 19.7. The SMILES string of the molecule is COCCn1cc(-c2ccc3c(c2)N(C(=O)C2CCC(OC)CC2)Cc2cccnc2N3)cn1. The lowest BCUT2D eigenvalue weighted by Crippen LogP contribution is -2.38. The molecule has 1 amide bonds. The molecule has 1 aliphatic carbocycles. The van der Waals surface area contributed by atoms with Gasteiger partial charge in [0.2, 0.25) is 5.91 Å². The standard InChI is InChI=1S/C26H31N5O3/c1-33-13-12-30-16-21(15-28-30)19-7-10-23-24(14-19)31(17-20-4-3-11-27-25(20)29-23)26(32)18-5-8-22(34-2)9-6-18/h3-4,7,10-11,14-16,18,22H,5-6,8-9,12-13,17H2,1-2H3,(H,27,29). The highest BCUT2D eigenvalue weighted by molar-refractivity contribution is 6.00. The number of anilines is 3. The summed E-state index contributed by atoms with van der Waals surface area (Å²) in [7, 11) is 3.44. The molecule has 8 heteroatoms. The van der Waals surface area contributed by atoms with Crippen LogP contribution in [0, 0.1) is 5.92 Å². The van der Waals surface area contributed by atoms with Crippen molar-refractivity contribution in [3.63, 3.8) is 0 Å². The van der Waals surface area contributed by atoms with E-state index in [9.17, 15) is 4.79 Å². The van der Waals surface area contributed by atoms with E-state index >= 15 is 0 Å².